The third-order valence-corrected chi connectivity index (χ3v) is 9.83. The Bertz CT molecular complexity index is 766. The Morgan fingerprint density at radius 3 is 2.79 bits per heavy atom. The van der Waals surface area contributed by atoms with Crippen molar-refractivity contribution in [1.29, 1.82) is 0 Å². The monoisotopic (exact) mass is 382 g/mol. The minimum Gasteiger partial charge on any atom is -0.388 e. The molecule has 4 saturated carbocycles. The number of hydrogen-bond acceptors (Lipinski definition) is 2. The highest BCUT2D eigenvalue weighted by Gasteiger charge is 2.60. The number of fused-ring (bicyclic) bond motifs is 5. The molecule has 4 aliphatic rings. The van der Waals surface area contributed by atoms with Crippen molar-refractivity contribution in [2.24, 2.45) is 34.5 Å². The van der Waals surface area contributed by atoms with Crippen LogP contribution in [0.25, 0.3) is 6.08 Å². The van der Waals surface area contributed by atoms with Crippen molar-refractivity contribution in [3.63, 3.8) is 0 Å². The summed E-state index contributed by atoms with van der Waals surface area (Å²) in [5.41, 5.74) is 3.06. The van der Waals surface area contributed by atoms with E-state index >= 15 is 0 Å². The Labute approximate surface area is 170 Å². The lowest BCUT2D eigenvalue weighted by Crippen LogP contribution is -2.53. The van der Waals surface area contributed by atoms with E-state index in [1.165, 1.54) is 56.9 Å². The maximum atomic E-state index is 11.4. The lowest BCUT2D eigenvalue weighted by Gasteiger charge is -2.60. The Morgan fingerprint density at radius 1 is 1.11 bits per heavy atom. The number of aliphatic hydroxyl groups is 1. The first kappa shape index (κ1) is 18.9. The molecule has 0 aliphatic heterocycles. The zero-order chi connectivity index (χ0) is 19.5. The smallest absolute Gasteiger partial charge is 0.0810 e. The summed E-state index contributed by atoms with van der Waals surface area (Å²) < 4.78 is 2.04. The highest BCUT2D eigenvalue weighted by molar-refractivity contribution is 5.52. The molecule has 0 aromatic carbocycles. The molecule has 7 atom stereocenters. The Kier molecular flexibility index (Phi) is 4.54. The van der Waals surface area contributed by atoms with E-state index in [9.17, 15) is 5.11 Å². The van der Waals surface area contributed by atoms with Crippen LogP contribution in [0.3, 0.4) is 0 Å². The van der Waals surface area contributed by atoms with Crippen LogP contribution in [-0.4, -0.2) is 21.0 Å². The molecule has 3 nitrogen and oxygen atoms in total. The number of aliphatic hydroxyl groups excluding tert-OH is 1. The van der Waals surface area contributed by atoms with Gasteiger partial charge in [0.05, 0.1) is 11.8 Å². The van der Waals surface area contributed by atoms with Gasteiger partial charge in [-0.2, -0.15) is 5.10 Å². The van der Waals surface area contributed by atoms with Crippen molar-refractivity contribution in [3.05, 3.63) is 23.5 Å². The lowest BCUT2D eigenvalue weighted by atomic mass is 9.45. The van der Waals surface area contributed by atoms with Crippen LogP contribution < -0.4 is 0 Å². The van der Waals surface area contributed by atoms with Crippen LogP contribution >= 0.6 is 0 Å². The molecule has 4 fully saturated rings. The van der Waals surface area contributed by atoms with Gasteiger partial charge in [0.2, 0.25) is 0 Å². The third-order valence-electron chi connectivity index (χ3n) is 9.83. The van der Waals surface area contributed by atoms with Gasteiger partial charge in [-0.05, 0) is 98.7 Å². The molecule has 0 amide bonds. The largest absolute Gasteiger partial charge is 0.388 e. The van der Waals surface area contributed by atoms with Gasteiger partial charge in [-0.25, -0.2) is 0 Å². The average Bonchev–Trinajstić information content (AvgIpc) is 3.24. The Hall–Kier alpha value is -1.09. The predicted octanol–water partition coefficient (Wildman–Crippen LogP) is 5.69. The number of aromatic nitrogens is 2. The molecule has 1 heterocycles. The molecule has 3 heteroatoms. The van der Waals surface area contributed by atoms with Gasteiger partial charge in [0.1, 0.15) is 0 Å². The zero-order valence-corrected chi connectivity index (χ0v) is 18.0. The summed E-state index contributed by atoms with van der Waals surface area (Å²) in [6.45, 7) is 8.05. The average molecular weight is 383 g/mol. The van der Waals surface area contributed by atoms with Crippen molar-refractivity contribution < 1.29 is 5.11 Å². The van der Waals surface area contributed by atoms with Crippen LogP contribution in [0, 0.1) is 34.5 Å². The fourth-order valence-corrected chi connectivity index (χ4v) is 8.21. The van der Waals surface area contributed by atoms with Gasteiger partial charge in [-0.15, -0.1) is 0 Å². The topological polar surface area (TPSA) is 38.0 Å². The van der Waals surface area contributed by atoms with E-state index in [2.05, 4.69) is 38.0 Å². The normalized spacial score (nSPS) is 46.9. The van der Waals surface area contributed by atoms with Gasteiger partial charge in [0.15, 0.2) is 0 Å². The van der Waals surface area contributed by atoms with Crippen LogP contribution in [0.15, 0.2) is 17.8 Å². The maximum absolute atomic E-state index is 11.4. The van der Waals surface area contributed by atoms with Crippen LogP contribution in [0.5, 0.6) is 0 Å². The van der Waals surface area contributed by atoms with Gasteiger partial charge < -0.3 is 5.11 Å². The SMILES string of the molecule is CCn1nccc1/C=C1\C[C@H]2[C@@H]3CC[C@H]4CCCC[C@]4(C)[C@H]3CC[C@]2(C)[C@H]1O. The second-order valence-corrected chi connectivity index (χ2v) is 10.8. The van der Waals surface area contributed by atoms with Crippen molar-refractivity contribution in [1.82, 2.24) is 9.78 Å². The zero-order valence-electron chi connectivity index (χ0n) is 18.0. The molecule has 154 valence electrons. The summed E-state index contributed by atoms with van der Waals surface area (Å²) in [6, 6.07) is 2.09. The summed E-state index contributed by atoms with van der Waals surface area (Å²) in [5, 5.41) is 15.8. The van der Waals surface area contributed by atoms with Gasteiger partial charge in [-0.3, -0.25) is 4.68 Å². The van der Waals surface area contributed by atoms with Crippen molar-refractivity contribution >= 4 is 6.08 Å². The van der Waals surface area contributed by atoms with E-state index < -0.39 is 0 Å². The predicted molar refractivity (Wildman–Crippen MR) is 114 cm³/mol. The van der Waals surface area contributed by atoms with Crippen molar-refractivity contribution in [2.45, 2.75) is 91.2 Å². The molecule has 0 unspecified atom stereocenters. The third kappa shape index (κ3) is 2.61. The molecule has 0 bridgehead atoms. The summed E-state index contributed by atoms with van der Waals surface area (Å²) in [6.07, 6.45) is 16.1. The fourth-order valence-electron chi connectivity index (χ4n) is 8.21. The van der Waals surface area contributed by atoms with E-state index in [1.807, 2.05) is 10.9 Å². The number of nitrogens with zero attached hydrogens (tertiary/aromatic N) is 2. The molecule has 0 spiro atoms. The first-order valence-corrected chi connectivity index (χ1v) is 11.9. The van der Waals surface area contributed by atoms with Gasteiger partial charge in [0.25, 0.3) is 0 Å². The minimum atomic E-state index is -0.282. The van der Waals surface area contributed by atoms with E-state index in [1.54, 1.807) is 0 Å². The number of hydrogen-bond donors (Lipinski definition) is 1. The summed E-state index contributed by atoms with van der Waals surface area (Å²) >= 11 is 0. The van der Waals surface area contributed by atoms with Crippen molar-refractivity contribution in [3.8, 4) is 0 Å². The van der Waals surface area contributed by atoms with E-state index in [0.29, 0.717) is 11.3 Å². The Morgan fingerprint density at radius 2 is 1.96 bits per heavy atom. The van der Waals surface area contributed by atoms with Gasteiger partial charge in [0, 0.05) is 18.2 Å². The quantitative estimate of drug-likeness (QED) is 0.713. The summed E-state index contributed by atoms with van der Waals surface area (Å²) in [5.74, 6) is 3.32. The van der Waals surface area contributed by atoms with Crippen molar-refractivity contribution in [2.75, 3.05) is 0 Å². The first-order chi connectivity index (χ1) is 13.5. The number of aryl methyl sites for hydroxylation is 1. The van der Waals surface area contributed by atoms with Gasteiger partial charge in [-0.1, -0.05) is 26.7 Å². The minimum absolute atomic E-state index is 0.0714. The van der Waals surface area contributed by atoms with Gasteiger partial charge >= 0.3 is 0 Å². The standard InChI is InChI=1S/C25H38N2O/c1-4-27-19(11-14-26-27)15-17-16-22-20-9-8-18-7-5-6-12-24(18,2)21(20)10-13-25(22,3)23(17)28/h11,14-15,18,20-23,28H,4-10,12-13,16H2,1-3H3/b17-15+/t18-,20-,21+,22+,23+,24+,25+/m1/s1. The van der Waals surface area contributed by atoms with Crippen LogP contribution in [0.1, 0.15) is 84.3 Å². The second kappa shape index (κ2) is 6.72. The molecule has 1 aromatic heterocycles. The molecule has 0 radical (unpaired) electrons. The Balaban J connectivity index is 1.46. The second-order valence-electron chi connectivity index (χ2n) is 10.8. The van der Waals surface area contributed by atoms with E-state index in [0.717, 1.165) is 36.4 Å². The van der Waals surface area contributed by atoms with E-state index in [4.69, 9.17) is 0 Å². The highest BCUT2D eigenvalue weighted by Crippen LogP contribution is 2.67. The molecule has 4 aliphatic carbocycles. The number of rotatable bonds is 2. The fraction of sp³-hybridized carbons (Fsp3) is 0.800. The van der Waals surface area contributed by atoms with Crippen LogP contribution in [0.4, 0.5) is 0 Å². The molecule has 1 N–H and O–H groups in total. The molecular weight excluding hydrogens is 344 g/mol. The maximum Gasteiger partial charge on any atom is 0.0810 e. The first-order valence-electron chi connectivity index (χ1n) is 11.9. The summed E-state index contributed by atoms with van der Waals surface area (Å²) in [7, 11) is 0. The molecular formula is C25H38N2O. The lowest BCUT2D eigenvalue weighted by molar-refractivity contribution is -0.119. The van der Waals surface area contributed by atoms with Crippen LogP contribution in [0.2, 0.25) is 0 Å². The van der Waals surface area contributed by atoms with E-state index in [-0.39, 0.29) is 11.5 Å². The van der Waals surface area contributed by atoms with Crippen LogP contribution in [-0.2, 0) is 6.54 Å². The highest BCUT2D eigenvalue weighted by atomic mass is 16.3. The molecule has 28 heavy (non-hydrogen) atoms. The molecule has 0 saturated heterocycles. The summed E-state index contributed by atoms with van der Waals surface area (Å²) in [4.78, 5) is 0. The molecule has 5 rings (SSSR count). The molecule has 1 aromatic rings.